The van der Waals surface area contributed by atoms with E-state index in [1.54, 1.807) is 25.7 Å². The summed E-state index contributed by atoms with van der Waals surface area (Å²) in [6, 6.07) is 3.35. The van der Waals surface area contributed by atoms with Crippen LogP contribution in [0.4, 0.5) is 20.6 Å². The number of anilines is 1. The van der Waals surface area contributed by atoms with E-state index >= 15 is 0 Å². The Morgan fingerprint density at radius 2 is 2.17 bits per heavy atom. The molecule has 8 heteroatoms. The minimum atomic E-state index is -0.682. The van der Waals surface area contributed by atoms with Crippen LogP contribution in [-0.2, 0) is 4.74 Å². The van der Waals surface area contributed by atoms with Gasteiger partial charge in [0.15, 0.2) is 5.82 Å². The number of rotatable bonds is 3. The van der Waals surface area contributed by atoms with Crippen molar-refractivity contribution in [1.29, 1.82) is 0 Å². The molecule has 1 aliphatic rings. The van der Waals surface area contributed by atoms with Crippen LogP contribution in [0.5, 0.6) is 0 Å². The first kappa shape index (κ1) is 18.0. The number of likely N-dealkylation sites (tertiary alicyclic amines) is 1. The third-order valence-corrected chi connectivity index (χ3v) is 3.60. The van der Waals surface area contributed by atoms with Crippen LogP contribution in [-0.4, -0.2) is 40.6 Å². The molecule has 1 aromatic rings. The number of nitrogens with zero attached hydrogens (tertiary/aromatic N) is 2. The van der Waals surface area contributed by atoms with Gasteiger partial charge in [0, 0.05) is 25.2 Å². The van der Waals surface area contributed by atoms with Gasteiger partial charge in [0.25, 0.3) is 5.69 Å². The summed E-state index contributed by atoms with van der Waals surface area (Å²) in [4.78, 5) is 23.7. The molecule has 1 amide bonds. The van der Waals surface area contributed by atoms with Crippen LogP contribution < -0.4 is 5.32 Å². The lowest BCUT2D eigenvalue weighted by Gasteiger charge is -2.34. The molecule has 0 saturated carbocycles. The molecule has 1 aromatic carbocycles. The van der Waals surface area contributed by atoms with E-state index in [-0.39, 0.29) is 17.4 Å². The summed E-state index contributed by atoms with van der Waals surface area (Å²) in [5.74, 6) is -0.682. The number of nitro groups is 1. The van der Waals surface area contributed by atoms with Crippen molar-refractivity contribution in [1.82, 2.24) is 4.90 Å². The van der Waals surface area contributed by atoms with Crippen LogP contribution in [0.25, 0.3) is 0 Å². The second kappa shape index (κ2) is 7.02. The first-order chi connectivity index (χ1) is 11.2. The normalized spacial score (nSPS) is 18.2. The summed E-state index contributed by atoms with van der Waals surface area (Å²) in [7, 11) is 0. The minimum absolute atomic E-state index is 0.137. The van der Waals surface area contributed by atoms with Gasteiger partial charge in [-0.3, -0.25) is 10.1 Å². The fraction of sp³-hybridized carbons (Fsp3) is 0.562. The van der Waals surface area contributed by atoms with Crippen molar-refractivity contribution in [2.75, 3.05) is 18.4 Å². The first-order valence-electron chi connectivity index (χ1n) is 7.84. The number of ether oxygens (including phenoxy) is 1. The van der Waals surface area contributed by atoms with E-state index in [0.29, 0.717) is 13.1 Å². The standard InChI is InChI=1S/C16H22FN3O4/c1-16(2,3)24-15(21)19-8-4-5-11(10-19)18-14-7-6-12(20(22)23)9-13(14)17/h6-7,9,11,18H,4-5,8,10H2,1-3H3/t11-/m1/s1. The van der Waals surface area contributed by atoms with Gasteiger partial charge >= 0.3 is 6.09 Å². The van der Waals surface area contributed by atoms with Gasteiger partial charge in [-0.2, -0.15) is 0 Å². The SMILES string of the molecule is CC(C)(C)OC(=O)N1CCC[C@@H](Nc2ccc([N+](=O)[O-])cc2F)C1. The molecule has 1 fully saturated rings. The van der Waals surface area contributed by atoms with Crippen LogP contribution in [0.1, 0.15) is 33.6 Å². The molecule has 1 N–H and O–H groups in total. The topological polar surface area (TPSA) is 84.7 Å². The Morgan fingerprint density at radius 3 is 2.75 bits per heavy atom. The van der Waals surface area contributed by atoms with E-state index in [2.05, 4.69) is 5.32 Å². The Kier molecular flexibility index (Phi) is 5.26. The van der Waals surface area contributed by atoms with Crippen LogP contribution in [0.3, 0.4) is 0 Å². The Hall–Kier alpha value is -2.38. The molecular weight excluding hydrogens is 317 g/mol. The van der Waals surface area contributed by atoms with Gasteiger partial charge in [-0.25, -0.2) is 9.18 Å². The van der Waals surface area contributed by atoms with E-state index in [4.69, 9.17) is 4.74 Å². The average molecular weight is 339 g/mol. The Bertz CT molecular complexity index is 630. The molecule has 1 atom stereocenters. The summed E-state index contributed by atoms with van der Waals surface area (Å²) in [6.45, 7) is 6.39. The van der Waals surface area contributed by atoms with Gasteiger partial charge in [-0.05, 0) is 39.7 Å². The van der Waals surface area contributed by atoms with Gasteiger partial charge < -0.3 is 15.0 Å². The molecule has 0 radical (unpaired) electrons. The molecule has 0 aliphatic carbocycles. The van der Waals surface area contributed by atoms with Crippen LogP contribution >= 0.6 is 0 Å². The Morgan fingerprint density at radius 1 is 1.46 bits per heavy atom. The first-order valence-corrected chi connectivity index (χ1v) is 7.84. The fourth-order valence-electron chi connectivity index (χ4n) is 2.54. The van der Waals surface area contributed by atoms with Crippen molar-refractivity contribution in [2.45, 2.75) is 45.3 Å². The number of benzene rings is 1. The molecule has 132 valence electrons. The molecule has 1 heterocycles. The van der Waals surface area contributed by atoms with Crippen molar-refractivity contribution >= 4 is 17.5 Å². The third-order valence-electron chi connectivity index (χ3n) is 3.60. The zero-order valence-corrected chi connectivity index (χ0v) is 14.0. The van der Waals surface area contributed by atoms with Crippen LogP contribution in [0.2, 0.25) is 0 Å². The minimum Gasteiger partial charge on any atom is -0.444 e. The predicted molar refractivity (Wildman–Crippen MR) is 87.5 cm³/mol. The maximum atomic E-state index is 14.0. The maximum Gasteiger partial charge on any atom is 0.410 e. The van der Waals surface area contributed by atoms with Gasteiger partial charge in [0.2, 0.25) is 0 Å². The van der Waals surface area contributed by atoms with Gasteiger partial charge in [0.05, 0.1) is 16.7 Å². The van der Waals surface area contributed by atoms with Crippen molar-refractivity contribution in [3.8, 4) is 0 Å². The molecule has 7 nitrogen and oxygen atoms in total. The van der Waals surface area contributed by atoms with E-state index < -0.39 is 22.4 Å². The zero-order valence-electron chi connectivity index (χ0n) is 14.0. The number of nitro benzene ring substituents is 1. The highest BCUT2D eigenvalue weighted by atomic mass is 19.1. The van der Waals surface area contributed by atoms with Gasteiger partial charge in [-0.15, -0.1) is 0 Å². The molecule has 1 aliphatic heterocycles. The fourth-order valence-corrected chi connectivity index (χ4v) is 2.54. The Balaban J connectivity index is 2.00. The summed E-state index contributed by atoms with van der Waals surface area (Å²) in [6.07, 6.45) is 1.15. The molecule has 0 unspecified atom stereocenters. The van der Waals surface area contributed by atoms with Crippen LogP contribution in [0, 0.1) is 15.9 Å². The number of carbonyl (C=O) groups is 1. The van der Waals surface area contributed by atoms with Gasteiger partial charge in [-0.1, -0.05) is 0 Å². The highest BCUT2D eigenvalue weighted by Gasteiger charge is 2.28. The van der Waals surface area contributed by atoms with Gasteiger partial charge in [0.1, 0.15) is 5.60 Å². The smallest absolute Gasteiger partial charge is 0.410 e. The number of carbonyl (C=O) groups excluding carboxylic acids is 1. The van der Waals surface area contributed by atoms with Crippen molar-refractivity contribution < 1.29 is 18.8 Å². The molecular formula is C16H22FN3O4. The summed E-state index contributed by atoms with van der Waals surface area (Å²) < 4.78 is 19.3. The second-order valence-corrected chi connectivity index (χ2v) is 6.83. The summed E-state index contributed by atoms with van der Waals surface area (Å²) in [5.41, 5.74) is -0.671. The van der Waals surface area contributed by atoms with E-state index in [1.165, 1.54) is 12.1 Å². The third kappa shape index (κ3) is 4.81. The number of non-ortho nitro benzene ring substituents is 1. The van der Waals surface area contributed by atoms with E-state index in [0.717, 1.165) is 18.9 Å². The number of halogens is 1. The quantitative estimate of drug-likeness (QED) is 0.672. The Labute approximate surface area is 139 Å². The molecule has 24 heavy (non-hydrogen) atoms. The number of piperidine rings is 1. The second-order valence-electron chi connectivity index (χ2n) is 6.83. The lowest BCUT2D eigenvalue weighted by molar-refractivity contribution is -0.385. The average Bonchev–Trinajstić information content (AvgIpc) is 2.47. The molecule has 0 spiro atoms. The lowest BCUT2D eigenvalue weighted by atomic mass is 10.1. The molecule has 2 rings (SSSR count). The highest BCUT2D eigenvalue weighted by Crippen LogP contribution is 2.23. The highest BCUT2D eigenvalue weighted by molar-refractivity contribution is 5.68. The van der Waals surface area contributed by atoms with Crippen molar-refractivity contribution in [3.63, 3.8) is 0 Å². The molecule has 1 saturated heterocycles. The number of nitrogens with one attached hydrogen (secondary N) is 1. The maximum absolute atomic E-state index is 14.0. The molecule has 0 aromatic heterocycles. The predicted octanol–water partition coefficient (Wildman–Crippen LogP) is 3.55. The number of hydrogen-bond donors (Lipinski definition) is 1. The monoisotopic (exact) mass is 339 g/mol. The zero-order chi connectivity index (χ0) is 17.9. The van der Waals surface area contributed by atoms with E-state index in [1.807, 2.05) is 0 Å². The largest absolute Gasteiger partial charge is 0.444 e. The lowest BCUT2D eigenvalue weighted by Crippen LogP contribution is -2.47. The van der Waals surface area contributed by atoms with Crippen molar-refractivity contribution in [2.24, 2.45) is 0 Å². The molecule has 0 bridgehead atoms. The van der Waals surface area contributed by atoms with Crippen molar-refractivity contribution in [3.05, 3.63) is 34.1 Å². The summed E-state index contributed by atoms with van der Waals surface area (Å²) >= 11 is 0. The van der Waals surface area contributed by atoms with E-state index in [9.17, 15) is 19.3 Å². The van der Waals surface area contributed by atoms with Crippen LogP contribution in [0.15, 0.2) is 18.2 Å². The number of amides is 1. The summed E-state index contributed by atoms with van der Waals surface area (Å²) in [5, 5.41) is 13.7. The number of hydrogen-bond acceptors (Lipinski definition) is 5.